The van der Waals surface area contributed by atoms with Gasteiger partial charge < -0.3 is 4.57 Å². The average molecular weight is 302 g/mol. The molecule has 1 aromatic heterocycles. The van der Waals surface area contributed by atoms with Crippen LogP contribution in [0.4, 0.5) is 4.39 Å². The van der Waals surface area contributed by atoms with Gasteiger partial charge in [0.1, 0.15) is 5.82 Å². The van der Waals surface area contributed by atoms with E-state index >= 15 is 0 Å². The summed E-state index contributed by atoms with van der Waals surface area (Å²) in [5.74, 6) is 1.22. The molecule has 0 aliphatic carbocycles. The normalized spacial score (nSPS) is 11.3. The van der Waals surface area contributed by atoms with Gasteiger partial charge in [0.25, 0.3) is 0 Å². The van der Waals surface area contributed by atoms with Crippen LogP contribution in [-0.4, -0.2) is 14.8 Å². The SMILES string of the molecule is CC(C)Cn1c(CCl)nnc1-c1cccc(Cl)c1F. The molecular formula is C13H14Cl2FN3. The standard InChI is InChI=1S/C13H14Cl2FN3/c1-8(2)7-19-11(6-14)17-18-13(19)9-4-3-5-10(15)12(9)16/h3-5,8H,6-7H2,1-2H3. The highest BCUT2D eigenvalue weighted by atomic mass is 35.5. The number of benzene rings is 1. The molecule has 102 valence electrons. The minimum Gasteiger partial charge on any atom is -0.310 e. The predicted octanol–water partition coefficient (Wildman–Crippen LogP) is 4.13. The molecule has 0 atom stereocenters. The summed E-state index contributed by atoms with van der Waals surface area (Å²) in [6.07, 6.45) is 0. The van der Waals surface area contributed by atoms with Gasteiger partial charge in [0.2, 0.25) is 0 Å². The van der Waals surface area contributed by atoms with Gasteiger partial charge in [-0.15, -0.1) is 21.8 Å². The Bertz CT molecular complexity index is 581. The van der Waals surface area contributed by atoms with E-state index in [0.29, 0.717) is 29.7 Å². The number of aromatic nitrogens is 3. The Morgan fingerprint density at radius 1 is 1.32 bits per heavy atom. The minimum absolute atomic E-state index is 0.0732. The lowest BCUT2D eigenvalue weighted by molar-refractivity contribution is 0.514. The van der Waals surface area contributed by atoms with E-state index in [1.807, 2.05) is 4.57 Å². The molecule has 0 spiro atoms. The van der Waals surface area contributed by atoms with Crippen LogP contribution in [0.1, 0.15) is 19.7 Å². The van der Waals surface area contributed by atoms with E-state index in [1.54, 1.807) is 12.1 Å². The maximum Gasteiger partial charge on any atom is 0.167 e. The fraction of sp³-hybridized carbons (Fsp3) is 0.385. The summed E-state index contributed by atoms with van der Waals surface area (Å²) < 4.78 is 15.9. The highest BCUT2D eigenvalue weighted by Crippen LogP contribution is 2.27. The first-order valence-corrected chi connectivity index (χ1v) is 6.88. The first-order valence-electron chi connectivity index (χ1n) is 5.97. The van der Waals surface area contributed by atoms with Crippen LogP contribution in [-0.2, 0) is 12.4 Å². The zero-order chi connectivity index (χ0) is 14.0. The number of nitrogens with zero attached hydrogens (tertiary/aromatic N) is 3. The largest absolute Gasteiger partial charge is 0.310 e. The van der Waals surface area contributed by atoms with Gasteiger partial charge in [0.05, 0.1) is 16.5 Å². The zero-order valence-electron chi connectivity index (χ0n) is 10.7. The summed E-state index contributed by atoms with van der Waals surface area (Å²) in [5, 5.41) is 8.12. The summed E-state index contributed by atoms with van der Waals surface area (Å²) in [5.41, 5.74) is 0.344. The number of alkyl halides is 1. The Kier molecular flexibility index (Phi) is 4.42. The Labute approximate surface area is 121 Å². The fourth-order valence-corrected chi connectivity index (χ4v) is 2.24. The second-order valence-electron chi connectivity index (χ2n) is 4.68. The molecule has 0 amide bonds. The molecule has 6 heteroatoms. The van der Waals surface area contributed by atoms with Crippen LogP contribution in [0, 0.1) is 11.7 Å². The Morgan fingerprint density at radius 2 is 2.05 bits per heavy atom. The molecule has 0 aliphatic heterocycles. The molecule has 0 fully saturated rings. The lowest BCUT2D eigenvalue weighted by Crippen LogP contribution is -2.10. The van der Waals surface area contributed by atoms with Gasteiger partial charge in [0.15, 0.2) is 11.6 Å². The van der Waals surface area contributed by atoms with Gasteiger partial charge in [0, 0.05) is 6.54 Å². The van der Waals surface area contributed by atoms with Crippen molar-refractivity contribution < 1.29 is 4.39 Å². The van der Waals surface area contributed by atoms with Gasteiger partial charge in [-0.05, 0) is 18.1 Å². The second-order valence-corrected chi connectivity index (χ2v) is 5.35. The Balaban J connectivity index is 2.55. The van der Waals surface area contributed by atoms with Crippen LogP contribution in [0.25, 0.3) is 11.4 Å². The van der Waals surface area contributed by atoms with E-state index in [1.165, 1.54) is 6.07 Å². The van der Waals surface area contributed by atoms with Crippen LogP contribution in [0.5, 0.6) is 0 Å². The van der Waals surface area contributed by atoms with Crippen molar-refractivity contribution in [3.8, 4) is 11.4 Å². The van der Waals surface area contributed by atoms with Crippen molar-refractivity contribution in [3.05, 3.63) is 34.9 Å². The lowest BCUT2D eigenvalue weighted by atomic mass is 10.1. The summed E-state index contributed by atoms with van der Waals surface area (Å²) in [4.78, 5) is 0. The first-order chi connectivity index (χ1) is 9.04. The van der Waals surface area contributed by atoms with Gasteiger partial charge in [-0.3, -0.25) is 0 Å². The van der Waals surface area contributed by atoms with Crippen LogP contribution in [0.2, 0.25) is 5.02 Å². The van der Waals surface area contributed by atoms with Crippen LogP contribution in [0.15, 0.2) is 18.2 Å². The van der Waals surface area contributed by atoms with Gasteiger partial charge in [-0.1, -0.05) is 31.5 Å². The first kappa shape index (κ1) is 14.3. The molecule has 0 saturated carbocycles. The number of rotatable bonds is 4. The third kappa shape index (κ3) is 2.90. The highest BCUT2D eigenvalue weighted by molar-refractivity contribution is 6.31. The Hall–Kier alpha value is -1.13. The van der Waals surface area contributed by atoms with Crippen molar-refractivity contribution in [1.82, 2.24) is 14.8 Å². The summed E-state index contributed by atoms with van der Waals surface area (Å²) in [6.45, 7) is 4.81. The molecule has 0 aliphatic rings. The van der Waals surface area contributed by atoms with E-state index in [0.717, 1.165) is 0 Å². The van der Waals surface area contributed by atoms with Crippen molar-refractivity contribution in [3.63, 3.8) is 0 Å². The lowest BCUT2D eigenvalue weighted by Gasteiger charge is -2.12. The number of hydrogen-bond acceptors (Lipinski definition) is 2. The molecule has 19 heavy (non-hydrogen) atoms. The maximum absolute atomic E-state index is 14.1. The van der Waals surface area contributed by atoms with Crippen molar-refractivity contribution in [2.24, 2.45) is 5.92 Å². The van der Waals surface area contributed by atoms with Crippen LogP contribution >= 0.6 is 23.2 Å². The monoisotopic (exact) mass is 301 g/mol. The van der Waals surface area contributed by atoms with Crippen molar-refractivity contribution in [2.75, 3.05) is 0 Å². The second kappa shape index (κ2) is 5.88. The van der Waals surface area contributed by atoms with Gasteiger partial charge in [-0.25, -0.2) is 4.39 Å². The molecule has 1 heterocycles. The molecule has 2 aromatic rings. The third-order valence-electron chi connectivity index (χ3n) is 2.69. The summed E-state index contributed by atoms with van der Waals surface area (Å²) >= 11 is 11.6. The molecule has 2 rings (SSSR count). The third-order valence-corrected chi connectivity index (χ3v) is 3.22. The zero-order valence-corrected chi connectivity index (χ0v) is 12.2. The molecular weight excluding hydrogens is 288 g/mol. The molecule has 0 saturated heterocycles. The van der Waals surface area contributed by atoms with Crippen molar-refractivity contribution in [1.29, 1.82) is 0 Å². The smallest absolute Gasteiger partial charge is 0.167 e. The van der Waals surface area contributed by atoms with E-state index in [-0.39, 0.29) is 10.9 Å². The van der Waals surface area contributed by atoms with Crippen LogP contribution < -0.4 is 0 Å². The van der Waals surface area contributed by atoms with Crippen molar-refractivity contribution in [2.45, 2.75) is 26.3 Å². The molecule has 0 N–H and O–H groups in total. The Morgan fingerprint density at radius 3 is 2.68 bits per heavy atom. The summed E-state index contributed by atoms with van der Waals surface area (Å²) in [7, 11) is 0. The molecule has 1 aromatic carbocycles. The molecule has 0 unspecified atom stereocenters. The molecule has 0 radical (unpaired) electrons. The topological polar surface area (TPSA) is 30.7 Å². The number of halogens is 3. The highest BCUT2D eigenvalue weighted by Gasteiger charge is 2.18. The quantitative estimate of drug-likeness (QED) is 0.795. The predicted molar refractivity (Wildman–Crippen MR) is 74.8 cm³/mol. The van der Waals surface area contributed by atoms with Crippen LogP contribution in [0.3, 0.4) is 0 Å². The minimum atomic E-state index is -0.484. The average Bonchev–Trinajstić information content (AvgIpc) is 2.75. The van der Waals surface area contributed by atoms with E-state index < -0.39 is 5.82 Å². The fourth-order valence-electron chi connectivity index (χ4n) is 1.87. The van der Waals surface area contributed by atoms with E-state index in [9.17, 15) is 4.39 Å². The summed E-state index contributed by atoms with van der Waals surface area (Å²) in [6, 6.07) is 4.83. The molecule has 3 nitrogen and oxygen atoms in total. The van der Waals surface area contributed by atoms with Gasteiger partial charge >= 0.3 is 0 Å². The van der Waals surface area contributed by atoms with E-state index in [4.69, 9.17) is 23.2 Å². The number of hydrogen-bond donors (Lipinski definition) is 0. The van der Waals surface area contributed by atoms with E-state index in [2.05, 4.69) is 24.0 Å². The van der Waals surface area contributed by atoms with Crippen molar-refractivity contribution >= 4 is 23.2 Å². The van der Waals surface area contributed by atoms with Gasteiger partial charge in [-0.2, -0.15) is 0 Å². The maximum atomic E-state index is 14.1. The molecule has 0 bridgehead atoms.